The Morgan fingerprint density at radius 2 is 2.44 bits per heavy atom. The summed E-state index contributed by atoms with van der Waals surface area (Å²) in [6.07, 6.45) is 1.74. The summed E-state index contributed by atoms with van der Waals surface area (Å²) in [5.74, 6) is 2.71. The van der Waals surface area contributed by atoms with E-state index in [0.717, 1.165) is 0 Å². The third-order valence-electron chi connectivity index (χ3n) is 0.628. The Labute approximate surface area is 59.8 Å². The lowest BCUT2D eigenvalue weighted by molar-refractivity contribution is 0.110. The van der Waals surface area contributed by atoms with Gasteiger partial charge in [0.25, 0.3) is 0 Å². The number of hydrogen-bond donors (Lipinski definition) is 1. The largest absolute Gasteiger partial charge is 0.444 e. The van der Waals surface area contributed by atoms with Crippen molar-refractivity contribution in [1.82, 2.24) is 0 Å². The molecule has 2 nitrogen and oxygen atoms in total. The highest BCUT2D eigenvalue weighted by atomic mass is 35.5. The summed E-state index contributed by atoms with van der Waals surface area (Å²) in [6, 6.07) is 0. The number of rotatable bonds is 3. The Morgan fingerprint density at radius 1 is 1.78 bits per heavy atom. The highest BCUT2D eigenvalue weighted by molar-refractivity contribution is 6.18. The van der Waals surface area contributed by atoms with E-state index in [9.17, 15) is 0 Å². The first-order valence-corrected chi connectivity index (χ1v) is 3.12. The Morgan fingerprint density at radius 3 is 2.89 bits per heavy atom. The van der Waals surface area contributed by atoms with Crippen LogP contribution in [0.1, 0.15) is 6.92 Å². The summed E-state index contributed by atoms with van der Waals surface area (Å²) >= 11 is 5.25. The zero-order chi connectivity index (χ0) is 7.11. The third kappa shape index (κ3) is 5.48. The minimum absolute atomic E-state index is 0.185. The van der Waals surface area contributed by atoms with Crippen molar-refractivity contribution in [2.45, 2.75) is 13.0 Å². The second kappa shape index (κ2) is 5.74. The van der Waals surface area contributed by atoms with Gasteiger partial charge >= 0.3 is 0 Å². The summed E-state index contributed by atoms with van der Waals surface area (Å²) in [4.78, 5) is 0. The van der Waals surface area contributed by atoms with Crippen molar-refractivity contribution in [1.29, 1.82) is 0 Å². The molecule has 0 aromatic heterocycles. The molecule has 9 heavy (non-hydrogen) atoms. The van der Waals surface area contributed by atoms with Crippen LogP contribution in [0, 0.1) is 12.0 Å². The zero-order valence-electron chi connectivity index (χ0n) is 5.22. The van der Waals surface area contributed by atoms with Gasteiger partial charge in [0.2, 0.25) is 0 Å². The van der Waals surface area contributed by atoms with Crippen LogP contribution in [0.5, 0.6) is 0 Å². The van der Waals surface area contributed by atoms with Crippen molar-refractivity contribution >= 4 is 11.6 Å². The predicted octanol–water partition coefficient (Wildman–Crippen LogP) is 0.583. The van der Waals surface area contributed by atoms with Gasteiger partial charge in [-0.25, -0.2) is 0 Å². The van der Waals surface area contributed by atoms with E-state index in [4.69, 9.17) is 16.7 Å². The van der Waals surface area contributed by atoms with Crippen molar-refractivity contribution in [2.24, 2.45) is 0 Å². The van der Waals surface area contributed by atoms with Crippen molar-refractivity contribution in [3.63, 3.8) is 0 Å². The van der Waals surface area contributed by atoms with Gasteiger partial charge in [-0.05, 0) is 0 Å². The molecule has 0 aromatic rings. The van der Waals surface area contributed by atoms with Crippen LogP contribution in [0.2, 0.25) is 0 Å². The molecule has 1 atom stereocenters. The maximum Gasteiger partial charge on any atom is 0.127 e. The number of halogens is 1. The van der Waals surface area contributed by atoms with E-state index in [-0.39, 0.29) is 12.5 Å². The molecular formula is C6H9ClO2. The van der Waals surface area contributed by atoms with E-state index in [2.05, 4.69) is 16.8 Å². The average molecular weight is 149 g/mol. The first-order valence-electron chi connectivity index (χ1n) is 2.58. The van der Waals surface area contributed by atoms with Crippen molar-refractivity contribution in [3.05, 3.63) is 0 Å². The van der Waals surface area contributed by atoms with E-state index in [1.165, 1.54) is 0 Å². The highest BCUT2D eigenvalue weighted by Gasteiger charge is 1.98. The highest BCUT2D eigenvalue weighted by Crippen LogP contribution is 1.86. The molecule has 0 aliphatic heterocycles. The minimum Gasteiger partial charge on any atom is -0.444 e. The Balaban J connectivity index is 3.13. The first kappa shape index (κ1) is 8.61. The SMILES string of the molecule is CC#COCC(O)CCl. The number of hydrogen-bond acceptors (Lipinski definition) is 2. The van der Waals surface area contributed by atoms with Gasteiger partial charge in [-0.3, -0.25) is 0 Å². The predicted molar refractivity (Wildman–Crippen MR) is 36.1 cm³/mol. The van der Waals surface area contributed by atoms with Crippen LogP contribution in [0.3, 0.4) is 0 Å². The molecule has 0 spiro atoms. The lowest BCUT2D eigenvalue weighted by Gasteiger charge is -2.01. The molecule has 0 aromatic carbocycles. The van der Waals surface area contributed by atoms with Gasteiger partial charge in [0.15, 0.2) is 0 Å². The molecule has 0 bridgehead atoms. The lowest BCUT2D eigenvalue weighted by Crippen LogP contribution is -2.14. The Bertz CT molecular complexity index is 114. The van der Waals surface area contributed by atoms with Gasteiger partial charge < -0.3 is 9.84 Å². The van der Waals surface area contributed by atoms with Crippen LogP contribution in [0.4, 0.5) is 0 Å². The van der Waals surface area contributed by atoms with Gasteiger partial charge in [0, 0.05) is 6.92 Å². The fourth-order valence-corrected chi connectivity index (χ4v) is 0.344. The molecule has 3 heteroatoms. The zero-order valence-corrected chi connectivity index (χ0v) is 5.98. The fourth-order valence-electron chi connectivity index (χ4n) is 0.255. The minimum atomic E-state index is -0.604. The monoisotopic (exact) mass is 148 g/mol. The molecular weight excluding hydrogens is 140 g/mol. The lowest BCUT2D eigenvalue weighted by atomic mass is 10.4. The van der Waals surface area contributed by atoms with Gasteiger partial charge in [0.05, 0.1) is 5.88 Å². The average Bonchev–Trinajstić information content (AvgIpc) is 1.89. The Hall–Kier alpha value is -0.390. The Kier molecular flexibility index (Phi) is 5.49. The van der Waals surface area contributed by atoms with Crippen LogP contribution >= 0.6 is 11.6 Å². The molecule has 0 aliphatic carbocycles. The van der Waals surface area contributed by atoms with Gasteiger partial charge in [-0.1, -0.05) is 5.92 Å². The molecule has 1 unspecified atom stereocenters. The van der Waals surface area contributed by atoms with E-state index in [1.807, 2.05) is 0 Å². The van der Waals surface area contributed by atoms with Crippen LogP contribution in [-0.2, 0) is 4.74 Å². The van der Waals surface area contributed by atoms with Crippen LogP contribution < -0.4 is 0 Å². The van der Waals surface area contributed by atoms with Crippen LogP contribution in [0.15, 0.2) is 0 Å². The van der Waals surface area contributed by atoms with E-state index in [0.29, 0.717) is 0 Å². The van der Waals surface area contributed by atoms with E-state index < -0.39 is 6.10 Å². The summed E-state index contributed by atoms with van der Waals surface area (Å²) in [7, 11) is 0. The summed E-state index contributed by atoms with van der Waals surface area (Å²) < 4.78 is 4.64. The number of alkyl halides is 1. The second-order valence-electron chi connectivity index (χ2n) is 1.47. The molecule has 0 saturated heterocycles. The first-order chi connectivity index (χ1) is 4.31. The van der Waals surface area contributed by atoms with Crippen molar-refractivity contribution < 1.29 is 9.84 Å². The second-order valence-corrected chi connectivity index (χ2v) is 1.78. The smallest absolute Gasteiger partial charge is 0.127 e. The molecule has 52 valence electrons. The molecule has 0 saturated carbocycles. The molecule has 0 amide bonds. The van der Waals surface area contributed by atoms with Gasteiger partial charge in [0.1, 0.15) is 18.8 Å². The number of ether oxygens (including phenoxy) is 1. The van der Waals surface area contributed by atoms with Crippen molar-refractivity contribution in [2.75, 3.05) is 12.5 Å². The van der Waals surface area contributed by atoms with Gasteiger partial charge in [-0.15, -0.1) is 11.6 Å². The molecule has 0 fully saturated rings. The van der Waals surface area contributed by atoms with Crippen molar-refractivity contribution in [3.8, 4) is 12.0 Å². The molecule has 1 N–H and O–H groups in total. The fraction of sp³-hybridized carbons (Fsp3) is 0.667. The number of aliphatic hydroxyl groups excluding tert-OH is 1. The van der Waals surface area contributed by atoms with E-state index in [1.54, 1.807) is 6.92 Å². The number of aliphatic hydroxyl groups is 1. The maximum atomic E-state index is 8.76. The molecule has 0 aliphatic rings. The molecule has 0 rings (SSSR count). The summed E-state index contributed by atoms with van der Waals surface area (Å²) in [5, 5.41) is 8.76. The van der Waals surface area contributed by atoms with Crippen LogP contribution in [0.25, 0.3) is 0 Å². The third-order valence-corrected chi connectivity index (χ3v) is 0.984. The molecule has 0 radical (unpaired) electrons. The normalized spacial score (nSPS) is 11.4. The quantitative estimate of drug-likeness (QED) is 0.469. The van der Waals surface area contributed by atoms with E-state index >= 15 is 0 Å². The van der Waals surface area contributed by atoms with Crippen LogP contribution in [-0.4, -0.2) is 23.7 Å². The molecule has 0 heterocycles. The van der Waals surface area contributed by atoms with Gasteiger partial charge in [-0.2, -0.15) is 0 Å². The summed E-state index contributed by atoms with van der Waals surface area (Å²) in [6.45, 7) is 1.84. The maximum absolute atomic E-state index is 8.76. The topological polar surface area (TPSA) is 29.5 Å². The summed E-state index contributed by atoms with van der Waals surface area (Å²) in [5.41, 5.74) is 0. The standard InChI is InChI=1S/C6H9ClO2/c1-2-3-9-5-6(8)4-7/h6,8H,4-5H2,1H3.